The average Bonchev–Trinajstić information content (AvgIpc) is 2.82. The zero-order chi connectivity index (χ0) is 12.3. The maximum absolute atomic E-state index is 11.4. The fourth-order valence-electron chi connectivity index (χ4n) is 2.29. The van der Waals surface area contributed by atoms with Crippen molar-refractivity contribution in [3.05, 3.63) is 29.8 Å². The lowest BCUT2D eigenvalue weighted by Gasteiger charge is -2.11. The van der Waals surface area contributed by atoms with Crippen molar-refractivity contribution < 1.29 is 12.6 Å². The van der Waals surface area contributed by atoms with Crippen LogP contribution in [0, 0.1) is 0 Å². The Bertz CT molecular complexity index is 473. The summed E-state index contributed by atoms with van der Waals surface area (Å²) in [7, 11) is -3.41. The van der Waals surface area contributed by atoms with Gasteiger partial charge in [0.05, 0.1) is 5.75 Å². The maximum Gasteiger partial charge on any atom is 0.308 e. The fraction of sp³-hybridized carbons (Fsp3) is 0.538. The molecule has 17 heavy (non-hydrogen) atoms. The van der Waals surface area contributed by atoms with E-state index >= 15 is 0 Å². The van der Waals surface area contributed by atoms with Crippen LogP contribution < -0.4 is 4.18 Å². The summed E-state index contributed by atoms with van der Waals surface area (Å²) in [5.41, 5.74) is 1.20. The third-order valence-corrected chi connectivity index (χ3v) is 4.41. The Kier molecular flexibility index (Phi) is 3.72. The topological polar surface area (TPSA) is 43.4 Å². The molecule has 0 aromatic heterocycles. The van der Waals surface area contributed by atoms with Gasteiger partial charge in [0.1, 0.15) is 5.75 Å². The average molecular weight is 254 g/mol. The molecule has 0 aliphatic heterocycles. The van der Waals surface area contributed by atoms with E-state index in [1.54, 1.807) is 13.0 Å². The van der Waals surface area contributed by atoms with Crippen LogP contribution in [0.5, 0.6) is 5.75 Å². The number of hydrogen-bond acceptors (Lipinski definition) is 3. The molecule has 94 valence electrons. The second-order valence-electron chi connectivity index (χ2n) is 4.48. The van der Waals surface area contributed by atoms with Crippen molar-refractivity contribution in [2.45, 2.75) is 38.5 Å². The third kappa shape index (κ3) is 3.22. The first-order valence-corrected chi connectivity index (χ1v) is 7.70. The number of hydrogen-bond donors (Lipinski definition) is 0. The summed E-state index contributed by atoms with van der Waals surface area (Å²) in [5.74, 6) is 1.01. The minimum absolute atomic E-state index is 0.000651. The highest BCUT2D eigenvalue weighted by Crippen LogP contribution is 2.35. The summed E-state index contributed by atoms with van der Waals surface area (Å²) >= 11 is 0. The third-order valence-electron chi connectivity index (χ3n) is 3.26. The normalized spacial score (nSPS) is 17.2. The Morgan fingerprint density at radius 1 is 1.29 bits per heavy atom. The van der Waals surface area contributed by atoms with E-state index in [-0.39, 0.29) is 5.75 Å². The van der Waals surface area contributed by atoms with Crippen LogP contribution in [-0.2, 0) is 10.1 Å². The van der Waals surface area contributed by atoms with E-state index in [9.17, 15) is 8.42 Å². The molecule has 1 aromatic carbocycles. The van der Waals surface area contributed by atoms with Gasteiger partial charge in [-0.1, -0.05) is 25.0 Å². The van der Waals surface area contributed by atoms with Gasteiger partial charge in [0, 0.05) is 0 Å². The van der Waals surface area contributed by atoms with E-state index in [0.29, 0.717) is 11.7 Å². The van der Waals surface area contributed by atoms with Crippen LogP contribution in [0.2, 0.25) is 0 Å². The molecule has 0 radical (unpaired) electrons. The molecular weight excluding hydrogens is 236 g/mol. The summed E-state index contributed by atoms with van der Waals surface area (Å²) in [6.45, 7) is 1.58. The van der Waals surface area contributed by atoms with E-state index < -0.39 is 10.1 Å². The van der Waals surface area contributed by atoms with E-state index in [4.69, 9.17) is 4.18 Å². The molecular formula is C13H18O3S. The lowest BCUT2D eigenvalue weighted by atomic mass is 9.98. The summed E-state index contributed by atoms with van der Waals surface area (Å²) < 4.78 is 27.8. The fourth-order valence-corrected chi connectivity index (χ4v) is 2.80. The largest absolute Gasteiger partial charge is 0.382 e. The van der Waals surface area contributed by atoms with Gasteiger partial charge in [0.15, 0.2) is 0 Å². The van der Waals surface area contributed by atoms with Gasteiger partial charge in [-0.25, -0.2) is 0 Å². The molecule has 1 aromatic rings. The smallest absolute Gasteiger partial charge is 0.308 e. The van der Waals surface area contributed by atoms with Crippen LogP contribution in [-0.4, -0.2) is 14.2 Å². The molecule has 0 unspecified atom stereocenters. The summed E-state index contributed by atoms with van der Waals surface area (Å²) in [5, 5.41) is 0. The van der Waals surface area contributed by atoms with Gasteiger partial charge < -0.3 is 4.18 Å². The first kappa shape index (κ1) is 12.4. The Morgan fingerprint density at radius 3 is 2.65 bits per heavy atom. The van der Waals surface area contributed by atoms with Gasteiger partial charge in [-0.15, -0.1) is 0 Å². The molecule has 4 heteroatoms. The minimum atomic E-state index is -3.41. The molecule has 2 rings (SSSR count). The summed E-state index contributed by atoms with van der Waals surface area (Å²) in [6, 6.07) is 7.49. The van der Waals surface area contributed by atoms with Crippen molar-refractivity contribution in [1.82, 2.24) is 0 Å². The Balaban J connectivity index is 2.16. The van der Waals surface area contributed by atoms with Gasteiger partial charge in [0.25, 0.3) is 0 Å². The van der Waals surface area contributed by atoms with Crippen LogP contribution in [0.25, 0.3) is 0 Å². The highest BCUT2D eigenvalue weighted by Gasteiger charge is 2.18. The van der Waals surface area contributed by atoms with Gasteiger partial charge in [-0.3, -0.25) is 0 Å². The zero-order valence-electron chi connectivity index (χ0n) is 10.1. The van der Waals surface area contributed by atoms with Crippen molar-refractivity contribution in [1.29, 1.82) is 0 Å². The molecule has 0 amide bonds. The van der Waals surface area contributed by atoms with Crippen LogP contribution in [0.15, 0.2) is 24.3 Å². The molecule has 1 fully saturated rings. The maximum atomic E-state index is 11.4. The van der Waals surface area contributed by atoms with Crippen molar-refractivity contribution in [3.8, 4) is 5.75 Å². The molecule has 0 N–H and O–H groups in total. The van der Waals surface area contributed by atoms with Crippen LogP contribution in [0.1, 0.15) is 44.1 Å². The standard InChI is InChI=1S/C13H18O3S/c1-2-17(14,15)16-13-9-5-8-12(10-13)11-6-3-4-7-11/h5,8-11H,2-4,6-7H2,1H3. The quantitative estimate of drug-likeness (QED) is 0.775. The Hall–Kier alpha value is -1.03. The first-order chi connectivity index (χ1) is 8.11. The lowest BCUT2D eigenvalue weighted by molar-refractivity contribution is 0.487. The molecule has 0 heterocycles. The van der Waals surface area contributed by atoms with Gasteiger partial charge in [0.2, 0.25) is 0 Å². The Labute approximate surface area is 103 Å². The zero-order valence-corrected chi connectivity index (χ0v) is 10.9. The number of benzene rings is 1. The predicted octanol–water partition coefficient (Wildman–Crippen LogP) is 3.07. The van der Waals surface area contributed by atoms with Gasteiger partial charge in [-0.2, -0.15) is 8.42 Å². The van der Waals surface area contributed by atoms with Crippen LogP contribution in [0.4, 0.5) is 0 Å². The molecule has 0 spiro atoms. The van der Waals surface area contributed by atoms with Crippen molar-refractivity contribution in [2.24, 2.45) is 0 Å². The van der Waals surface area contributed by atoms with Crippen molar-refractivity contribution >= 4 is 10.1 Å². The summed E-state index contributed by atoms with van der Waals surface area (Å²) in [6.07, 6.45) is 4.93. The van der Waals surface area contributed by atoms with Crippen LogP contribution in [0.3, 0.4) is 0 Å². The second kappa shape index (κ2) is 5.08. The molecule has 0 bridgehead atoms. The van der Waals surface area contributed by atoms with E-state index in [1.807, 2.05) is 12.1 Å². The van der Waals surface area contributed by atoms with Gasteiger partial charge >= 0.3 is 10.1 Å². The lowest BCUT2D eigenvalue weighted by Crippen LogP contribution is -2.11. The molecule has 0 atom stereocenters. The molecule has 1 aliphatic rings. The molecule has 0 saturated heterocycles. The summed E-state index contributed by atoms with van der Waals surface area (Å²) in [4.78, 5) is 0. The SMILES string of the molecule is CCS(=O)(=O)Oc1cccc(C2CCCC2)c1. The van der Waals surface area contributed by atoms with Crippen LogP contribution >= 0.6 is 0 Å². The van der Waals surface area contributed by atoms with E-state index in [2.05, 4.69) is 6.07 Å². The van der Waals surface area contributed by atoms with E-state index in [1.165, 1.54) is 31.2 Å². The predicted molar refractivity (Wildman–Crippen MR) is 67.7 cm³/mol. The monoisotopic (exact) mass is 254 g/mol. The number of rotatable bonds is 4. The van der Waals surface area contributed by atoms with E-state index in [0.717, 1.165) is 0 Å². The molecule has 3 nitrogen and oxygen atoms in total. The molecule has 1 saturated carbocycles. The highest BCUT2D eigenvalue weighted by molar-refractivity contribution is 7.87. The van der Waals surface area contributed by atoms with Crippen molar-refractivity contribution in [2.75, 3.05) is 5.75 Å². The van der Waals surface area contributed by atoms with Crippen molar-refractivity contribution in [3.63, 3.8) is 0 Å². The molecule has 1 aliphatic carbocycles. The Morgan fingerprint density at radius 2 is 2.00 bits per heavy atom. The highest BCUT2D eigenvalue weighted by atomic mass is 32.2. The second-order valence-corrected chi connectivity index (χ2v) is 6.34. The van der Waals surface area contributed by atoms with Gasteiger partial charge in [-0.05, 0) is 43.4 Å². The first-order valence-electron chi connectivity index (χ1n) is 6.13. The minimum Gasteiger partial charge on any atom is -0.382 e.